The van der Waals surface area contributed by atoms with Crippen molar-refractivity contribution >= 4 is 17.8 Å². The van der Waals surface area contributed by atoms with Gasteiger partial charge in [0.1, 0.15) is 5.75 Å². The monoisotopic (exact) mass is 391 g/mol. The van der Waals surface area contributed by atoms with Crippen LogP contribution in [0.25, 0.3) is 11.1 Å². The molecular formula is C21H17N3O5. The maximum absolute atomic E-state index is 11.8. The molecule has 0 saturated heterocycles. The van der Waals surface area contributed by atoms with Crippen LogP contribution in [0.15, 0.2) is 77.9 Å². The van der Waals surface area contributed by atoms with Crippen LogP contribution in [0, 0.1) is 10.1 Å². The minimum Gasteiger partial charge on any atom is -0.502 e. The average molecular weight is 391 g/mol. The molecule has 2 N–H and O–H groups in total. The van der Waals surface area contributed by atoms with Gasteiger partial charge in [0.2, 0.25) is 0 Å². The van der Waals surface area contributed by atoms with E-state index in [1.807, 2.05) is 42.5 Å². The molecule has 0 fully saturated rings. The van der Waals surface area contributed by atoms with Gasteiger partial charge in [-0.1, -0.05) is 42.5 Å². The quantitative estimate of drug-likeness (QED) is 0.363. The van der Waals surface area contributed by atoms with Crippen LogP contribution in [0.5, 0.6) is 11.5 Å². The smallest absolute Gasteiger partial charge is 0.311 e. The van der Waals surface area contributed by atoms with Gasteiger partial charge in [-0.3, -0.25) is 14.9 Å². The molecule has 0 unspecified atom stereocenters. The molecule has 0 heterocycles. The van der Waals surface area contributed by atoms with Gasteiger partial charge in [0.25, 0.3) is 5.91 Å². The van der Waals surface area contributed by atoms with Crippen molar-refractivity contribution in [1.29, 1.82) is 0 Å². The fourth-order valence-corrected chi connectivity index (χ4v) is 2.50. The Kier molecular flexibility index (Phi) is 6.16. The van der Waals surface area contributed by atoms with Crippen LogP contribution >= 0.6 is 0 Å². The Labute approximate surface area is 166 Å². The second-order valence-corrected chi connectivity index (χ2v) is 5.98. The molecule has 0 spiro atoms. The van der Waals surface area contributed by atoms with Gasteiger partial charge in [-0.15, -0.1) is 0 Å². The van der Waals surface area contributed by atoms with Gasteiger partial charge in [-0.05, 0) is 35.4 Å². The fourth-order valence-electron chi connectivity index (χ4n) is 2.50. The molecule has 0 radical (unpaired) electrons. The number of nitrogens with zero attached hydrogens (tertiary/aromatic N) is 2. The molecule has 8 heteroatoms. The first-order valence-electron chi connectivity index (χ1n) is 8.60. The van der Waals surface area contributed by atoms with Gasteiger partial charge < -0.3 is 9.84 Å². The van der Waals surface area contributed by atoms with E-state index in [1.165, 1.54) is 18.3 Å². The highest BCUT2D eigenvalue weighted by Crippen LogP contribution is 2.25. The number of ether oxygens (including phenoxy) is 1. The summed E-state index contributed by atoms with van der Waals surface area (Å²) in [7, 11) is 0. The van der Waals surface area contributed by atoms with Crippen molar-refractivity contribution in [2.75, 3.05) is 6.61 Å². The number of nitro groups is 1. The molecule has 8 nitrogen and oxygen atoms in total. The lowest BCUT2D eigenvalue weighted by molar-refractivity contribution is -0.385. The third kappa shape index (κ3) is 5.39. The summed E-state index contributed by atoms with van der Waals surface area (Å²) < 4.78 is 5.42. The topological polar surface area (TPSA) is 114 Å². The number of hydrazone groups is 1. The van der Waals surface area contributed by atoms with Gasteiger partial charge >= 0.3 is 5.69 Å². The summed E-state index contributed by atoms with van der Waals surface area (Å²) in [5, 5.41) is 23.9. The van der Waals surface area contributed by atoms with Crippen LogP contribution in [0.1, 0.15) is 5.56 Å². The molecule has 0 aliphatic rings. The summed E-state index contributed by atoms with van der Waals surface area (Å²) in [5.74, 6) is -0.387. The van der Waals surface area contributed by atoms with Crippen LogP contribution in [-0.4, -0.2) is 28.8 Å². The zero-order valence-electron chi connectivity index (χ0n) is 15.2. The van der Waals surface area contributed by atoms with Crippen LogP contribution in [0.3, 0.4) is 0 Å². The molecule has 29 heavy (non-hydrogen) atoms. The molecule has 3 aromatic carbocycles. The lowest BCUT2D eigenvalue weighted by Crippen LogP contribution is -2.24. The number of benzene rings is 3. The maximum atomic E-state index is 11.8. The highest BCUT2D eigenvalue weighted by atomic mass is 16.6. The predicted octanol–water partition coefficient (Wildman–Crippen LogP) is 3.50. The Morgan fingerprint density at radius 3 is 2.45 bits per heavy atom. The van der Waals surface area contributed by atoms with Crippen molar-refractivity contribution in [3.05, 3.63) is 88.5 Å². The lowest BCUT2D eigenvalue weighted by atomic mass is 10.1. The predicted molar refractivity (Wildman–Crippen MR) is 108 cm³/mol. The molecule has 3 rings (SSSR count). The minimum absolute atomic E-state index is 0.238. The second kappa shape index (κ2) is 9.14. The van der Waals surface area contributed by atoms with E-state index in [1.54, 1.807) is 12.1 Å². The van der Waals surface area contributed by atoms with E-state index in [0.717, 1.165) is 17.2 Å². The number of phenols is 1. The van der Waals surface area contributed by atoms with Gasteiger partial charge in [0, 0.05) is 11.6 Å². The van der Waals surface area contributed by atoms with Gasteiger partial charge in [0.05, 0.1) is 11.1 Å². The zero-order chi connectivity index (χ0) is 20.6. The number of carbonyl (C=O) groups is 1. The van der Waals surface area contributed by atoms with Crippen molar-refractivity contribution in [2.24, 2.45) is 5.10 Å². The van der Waals surface area contributed by atoms with Crippen LogP contribution in [0.2, 0.25) is 0 Å². The minimum atomic E-state index is -0.706. The highest BCUT2D eigenvalue weighted by molar-refractivity contribution is 5.84. The summed E-state index contributed by atoms with van der Waals surface area (Å²) in [6.07, 6.45) is 1.24. The number of hydrogen-bond donors (Lipinski definition) is 2. The Balaban J connectivity index is 1.51. The molecule has 1 amide bonds. The summed E-state index contributed by atoms with van der Waals surface area (Å²) in [6.45, 7) is -0.238. The first kappa shape index (κ1) is 19.6. The summed E-state index contributed by atoms with van der Waals surface area (Å²) in [4.78, 5) is 21.9. The van der Waals surface area contributed by atoms with E-state index < -0.39 is 22.3 Å². The Morgan fingerprint density at radius 1 is 1.07 bits per heavy atom. The highest BCUT2D eigenvalue weighted by Gasteiger charge is 2.12. The summed E-state index contributed by atoms with van der Waals surface area (Å²) in [5.41, 5.74) is 4.31. The van der Waals surface area contributed by atoms with E-state index in [2.05, 4.69) is 10.5 Å². The number of rotatable bonds is 7. The molecule has 146 valence electrons. The van der Waals surface area contributed by atoms with E-state index >= 15 is 0 Å². The van der Waals surface area contributed by atoms with Crippen LogP contribution < -0.4 is 10.2 Å². The molecule has 0 saturated carbocycles. The molecule has 0 bridgehead atoms. The molecular weight excluding hydrogens is 374 g/mol. The van der Waals surface area contributed by atoms with Gasteiger partial charge in [0.15, 0.2) is 12.4 Å². The Hall–Kier alpha value is -4.20. The molecule has 0 aromatic heterocycles. The SMILES string of the molecule is O=C(COc1ccc(-c2ccccc2)cc1)N/N=C/c1ccc(O)c([N+](=O)[O-])c1. The van der Waals surface area contributed by atoms with Crippen molar-refractivity contribution in [2.45, 2.75) is 0 Å². The lowest BCUT2D eigenvalue weighted by Gasteiger charge is -2.06. The van der Waals surface area contributed by atoms with Crippen molar-refractivity contribution in [3.63, 3.8) is 0 Å². The normalized spacial score (nSPS) is 10.6. The third-order valence-electron chi connectivity index (χ3n) is 3.93. The second-order valence-electron chi connectivity index (χ2n) is 5.98. The summed E-state index contributed by atoms with van der Waals surface area (Å²) in [6, 6.07) is 21.0. The Bertz CT molecular complexity index is 1030. The van der Waals surface area contributed by atoms with Crippen LogP contribution in [0.4, 0.5) is 5.69 Å². The first-order valence-corrected chi connectivity index (χ1v) is 8.60. The van der Waals surface area contributed by atoms with Crippen molar-refractivity contribution < 1.29 is 19.6 Å². The Morgan fingerprint density at radius 2 is 1.76 bits per heavy atom. The van der Waals surface area contributed by atoms with E-state index in [4.69, 9.17) is 4.74 Å². The number of aromatic hydroxyl groups is 1. The van der Waals surface area contributed by atoms with Crippen molar-refractivity contribution in [3.8, 4) is 22.6 Å². The zero-order valence-corrected chi connectivity index (χ0v) is 15.2. The number of carbonyl (C=O) groups excluding carboxylic acids is 1. The maximum Gasteiger partial charge on any atom is 0.311 e. The largest absolute Gasteiger partial charge is 0.502 e. The van der Waals surface area contributed by atoms with E-state index in [9.17, 15) is 20.0 Å². The van der Waals surface area contributed by atoms with Gasteiger partial charge in [-0.25, -0.2) is 5.43 Å². The van der Waals surface area contributed by atoms with E-state index in [0.29, 0.717) is 11.3 Å². The average Bonchev–Trinajstić information content (AvgIpc) is 2.74. The van der Waals surface area contributed by atoms with E-state index in [-0.39, 0.29) is 6.61 Å². The third-order valence-corrected chi connectivity index (χ3v) is 3.93. The number of hydrogen-bond acceptors (Lipinski definition) is 6. The number of phenolic OH excluding ortho intramolecular Hbond substituents is 1. The number of nitrogens with one attached hydrogen (secondary N) is 1. The summed E-state index contributed by atoms with van der Waals surface area (Å²) >= 11 is 0. The van der Waals surface area contributed by atoms with Crippen molar-refractivity contribution in [1.82, 2.24) is 5.43 Å². The molecule has 0 aliphatic heterocycles. The van der Waals surface area contributed by atoms with Gasteiger partial charge in [-0.2, -0.15) is 5.10 Å². The molecule has 3 aromatic rings. The first-order chi connectivity index (χ1) is 14.0. The molecule has 0 atom stereocenters. The number of amides is 1. The fraction of sp³-hybridized carbons (Fsp3) is 0.0476. The molecule has 0 aliphatic carbocycles. The van der Waals surface area contributed by atoms with Crippen LogP contribution in [-0.2, 0) is 4.79 Å². The standard InChI is InChI=1S/C21H17N3O5/c25-20-11-6-15(12-19(20)24(27)28)13-22-23-21(26)14-29-18-9-7-17(8-10-18)16-4-2-1-3-5-16/h1-13,25H,14H2,(H,23,26)/b22-13+. The number of nitro benzene ring substituents is 1.